The number of hydrogen-bond acceptors (Lipinski definition) is 3. The SMILES string of the molecule is CCCc1cc2c(C)c(OC)c(C)c(C)c2oc1=O. The van der Waals surface area contributed by atoms with E-state index in [2.05, 4.69) is 6.92 Å². The maximum atomic E-state index is 12.0. The summed E-state index contributed by atoms with van der Waals surface area (Å²) in [6.07, 6.45) is 1.67. The Bertz CT molecular complexity index is 681. The molecule has 0 bridgehead atoms. The minimum absolute atomic E-state index is 0.221. The van der Waals surface area contributed by atoms with Crippen LogP contribution in [-0.2, 0) is 6.42 Å². The molecule has 0 spiro atoms. The standard InChI is InChI=1S/C16H20O3/c1-6-7-12-8-13-11(4)14(18-5)9(2)10(3)15(13)19-16(12)17/h8H,6-7H2,1-5H3. The summed E-state index contributed by atoms with van der Waals surface area (Å²) in [5, 5.41) is 0.975. The van der Waals surface area contributed by atoms with Gasteiger partial charge in [-0.2, -0.15) is 0 Å². The van der Waals surface area contributed by atoms with E-state index in [0.717, 1.165) is 46.2 Å². The number of aryl methyl sites for hydroxylation is 3. The summed E-state index contributed by atoms with van der Waals surface area (Å²) in [7, 11) is 1.67. The van der Waals surface area contributed by atoms with Gasteiger partial charge in [-0.25, -0.2) is 4.79 Å². The van der Waals surface area contributed by atoms with Crippen molar-refractivity contribution in [2.24, 2.45) is 0 Å². The largest absolute Gasteiger partial charge is 0.496 e. The Labute approximate surface area is 113 Å². The predicted molar refractivity (Wildman–Crippen MR) is 77.2 cm³/mol. The predicted octanol–water partition coefficient (Wildman–Crippen LogP) is 3.68. The molecule has 0 radical (unpaired) electrons. The lowest BCUT2D eigenvalue weighted by Gasteiger charge is -2.14. The Kier molecular flexibility index (Phi) is 3.65. The van der Waals surface area contributed by atoms with Crippen LogP contribution in [0.5, 0.6) is 5.75 Å². The highest BCUT2D eigenvalue weighted by Gasteiger charge is 2.16. The van der Waals surface area contributed by atoms with Crippen molar-refractivity contribution in [1.82, 2.24) is 0 Å². The van der Waals surface area contributed by atoms with Crippen LogP contribution in [-0.4, -0.2) is 7.11 Å². The number of ether oxygens (including phenoxy) is 1. The summed E-state index contributed by atoms with van der Waals surface area (Å²) < 4.78 is 11.0. The van der Waals surface area contributed by atoms with E-state index < -0.39 is 0 Å². The molecule has 0 saturated heterocycles. The van der Waals surface area contributed by atoms with Crippen molar-refractivity contribution in [2.45, 2.75) is 40.5 Å². The Morgan fingerprint density at radius 2 is 1.84 bits per heavy atom. The first-order chi connectivity index (χ1) is 9.01. The summed E-state index contributed by atoms with van der Waals surface area (Å²) in [5.74, 6) is 0.876. The van der Waals surface area contributed by atoms with Gasteiger partial charge in [-0.3, -0.25) is 0 Å². The molecule has 0 amide bonds. The molecule has 0 aliphatic carbocycles. The molecule has 19 heavy (non-hydrogen) atoms. The highest BCUT2D eigenvalue weighted by atomic mass is 16.5. The molecule has 1 heterocycles. The van der Waals surface area contributed by atoms with Crippen LogP contribution in [0.1, 0.15) is 35.6 Å². The molecule has 0 saturated carbocycles. The summed E-state index contributed by atoms with van der Waals surface area (Å²) in [6.45, 7) is 8.00. The zero-order chi connectivity index (χ0) is 14.2. The molecular formula is C16H20O3. The number of fused-ring (bicyclic) bond motifs is 1. The molecule has 102 valence electrons. The Morgan fingerprint density at radius 1 is 1.16 bits per heavy atom. The number of benzene rings is 1. The van der Waals surface area contributed by atoms with Crippen molar-refractivity contribution in [3.63, 3.8) is 0 Å². The van der Waals surface area contributed by atoms with Gasteiger partial charge in [0, 0.05) is 16.5 Å². The van der Waals surface area contributed by atoms with Crippen molar-refractivity contribution < 1.29 is 9.15 Å². The number of methoxy groups -OCH3 is 1. The molecule has 1 aromatic carbocycles. The van der Waals surface area contributed by atoms with Crippen molar-refractivity contribution in [2.75, 3.05) is 7.11 Å². The van der Waals surface area contributed by atoms with Crippen molar-refractivity contribution >= 4 is 11.0 Å². The fourth-order valence-corrected chi connectivity index (χ4v) is 2.56. The first-order valence-electron chi connectivity index (χ1n) is 6.61. The van der Waals surface area contributed by atoms with Crippen molar-refractivity contribution in [1.29, 1.82) is 0 Å². The molecule has 3 nitrogen and oxygen atoms in total. The van der Waals surface area contributed by atoms with Gasteiger partial charge < -0.3 is 9.15 Å². The summed E-state index contributed by atoms with van der Waals surface area (Å²) in [4.78, 5) is 12.0. The summed E-state index contributed by atoms with van der Waals surface area (Å²) >= 11 is 0. The van der Waals surface area contributed by atoms with Gasteiger partial charge in [0.2, 0.25) is 0 Å². The van der Waals surface area contributed by atoms with Crippen molar-refractivity contribution in [3.8, 4) is 5.75 Å². The van der Waals surface area contributed by atoms with E-state index in [9.17, 15) is 4.79 Å². The van der Waals surface area contributed by atoms with E-state index in [1.807, 2.05) is 26.8 Å². The Balaban J connectivity index is 2.88. The normalized spacial score (nSPS) is 11.0. The van der Waals surface area contributed by atoms with Gasteiger partial charge in [-0.15, -0.1) is 0 Å². The van der Waals surface area contributed by atoms with E-state index in [1.54, 1.807) is 7.11 Å². The first kappa shape index (κ1) is 13.7. The molecule has 3 heteroatoms. The van der Waals surface area contributed by atoms with E-state index in [0.29, 0.717) is 5.58 Å². The van der Waals surface area contributed by atoms with Crippen molar-refractivity contribution in [3.05, 3.63) is 38.7 Å². The van der Waals surface area contributed by atoms with Gasteiger partial charge in [0.05, 0.1) is 7.11 Å². The van der Waals surface area contributed by atoms with E-state index >= 15 is 0 Å². The fourth-order valence-electron chi connectivity index (χ4n) is 2.56. The minimum Gasteiger partial charge on any atom is -0.496 e. The van der Waals surface area contributed by atoms with E-state index in [-0.39, 0.29) is 5.63 Å². The van der Waals surface area contributed by atoms with Crippen LogP contribution in [0.15, 0.2) is 15.3 Å². The molecule has 0 aliphatic rings. The number of rotatable bonds is 3. The van der Waals surface area contributed by atoms with Gasteiger partial charge in [0.25, 0.3) is 0 Å². The average molecular weight is 260 g/mol. The Morgan fingerprint density at radius 3 is 2.42 bits per heavy atom. The van der Waals surface area contributed by atoms with E-state index in [4.69, 9.17) is 9.15 Å². The summed E-state index contributed by atoms with van der Waals surface area (Å²) in [6, 6.07) is 1.95. The minimum atomic E-state index is -0.221. The van der Waals surface area contributed by atoms with Crippen LogP contribution in [0.3, 0.4) is 0 Å². The van der Waals surface area contributed by atoms with Gasteiger partial charge in [0.15, 0.2) is 0 Å². The highest BCUT2D eigenvalue weighted by molar-refractivity contribution is 5.87. The van der Waals surface area contributed by atoms with Crippen LogP contribution < -0.4 is 10.4 Å². The van der Waals surface area contributed by atoms with Crippen LogP contribution in [0.4, 0.5) is 0 Å². The maximum Gasteiger partial charge on any atom is 0.339 e. The van der Waals surface area contributed by atoms with Gasteiger partial charge in [0.1, 0.15) is 11.3 Å². The molecule has 0 unspecified atom stereocenters. The van der Waals surface area contributed by atoms with Crippen LogP contribution in [0, 0.1) is 20.8 Å². The lowest BCUT2D eigenvalue weighted by atomic mass is 9.98. The molecule has 0 fully saturated rings. The van der Waals surface area contributed by atoms with Crippen LogP contribution in [0.25, 0.3) is 11.0 Å². The van der Waals surface area contributed by atoms with Crippen LogP contribution in [0.2, 0.25) is 0 Å². The second kappa shape index (κ2) is 5.08. The average Bonchev–Trinajstić information content (AvgIpc) is 2.39. The van der Waals surface area contributed by atoms with E-state index in [1.165, 1.54) is 0 Å². The third kappa shape index (κ3) is 2.14. The third-order valence-electron chi connectivity index (χ3n) is 3.73. The zero-order valence-electron chi connectivity index (χ0n) is 12.2. The zero-order valence-corrected chi connectivity index (χ0v) is 12.2. The maximum absolute atomic E-state index is 12.0. The topological polar surface area (TPSA) is 39.4 Å². The first-order valence-corrected chi connectivity index (χ1v) is 6.61. The third-order valence-corrected chi connectivity index (χ3v) is 3.73. The highest BCUT2D eigenvalue weighted by Crippen LogP contribution is 2.34. The Hall–Kier alpha value is -1.77. The lowest BCUT2D eigenvalue weighted by molar-refractivity contribution is 0.408. The molecule has 1 aromatic heterocycles. The second-order valence-electron chi connectivity index (χ2n) is 4.96. The fraction of sp³-hybridized carbons (Fsp3) is 0.438. The van der Waals surface area contributed by atoms with Gasteiger partial charge >= 0.3 is 5.63 Å². The monoisotopic (exact) mass is 260 g/mol. The molecule has 0 N–H and O–H groups in total. The summed E-state index contributed by atoms with van der Waals surface area (Å²) in [5.41, 5.74) is 4.23. The number of hydrogen-bond donors (Lipinski definition) is 0. The molecule has 0 aliphatic heterocycles. The second-order valence-corrected chi connectivity index (χ2v) is 4.96. The molecule has 0 atom stereocenters. The molecular weight excluding hydrogens is 240 g/mol. The molecule has 2 rings (SSSR count). The smallest absolute Gasteiger partial charge is 0.339 e. The van der Waals surface area contributed by atoms with Crippen LogP contribution >= 0.6 is 0 Å². The quantitative estimate of drug-likeness (QED) is 0.790. The lowest BCUT2D eigenvalue weighted by Crippen LogP contribution is -2.08. The molecule has 2 aromatic rings. The van der Waals surface area contributed by atoms with Gasteiger partial charge in [-0.05, 0) is 44.4 Å². The van der Waals surface area contributed by atoms with Gasteiger partial charge in [-0.1, -0.05) is 13.3 Å².